The molecular weight excluding hydrogens is 361 g/mol. The number of nitrogens with zero attached hydrogens (tertiary/aromatic N) is 4. The smallest absolute Gasteiger partial charge is 0.352 e. The molecular formula is C18H17F3N4S. The molecule has 8 heteroatoms. The minimum absolute atomic E-state index is 0.528. The lowest BCUT2D eigenvalue weighted by Crippen LogP contribution is -2.50. The number of alkyl halides is 3. The van der Waals surface area contributed by atoms with Crippen LogP contribution in [0.25, 0.3) is 21.1 Å². The van der Waals surface area contributed by atoms with Gasteiger partial charge in [0.2, 0.25) is 0 Å². The molecule has 136 valence electrons. The highest BCUT2D eigenvalue weighted by molar-refractivity contribution is 7.17. The average molecular weight is 378 g/mol. The number of aromatic nitrogens is 2. The van der Waals surface area contributed by atoms with Gasteiger partial charge in [-0.3, -0.25) is 4.90 Å². The Bertz CT molecular complexity index is 984. The van der Waals surface area contributed by atoms with Crippen molar-refractivity contribution in [2.75, 3.05) is 31.1 Å². The number of hydrogen-bond acceptors (Lipinski definition) is 5. The van der Waals surface area contributed by atoms with Gasteiger partial charge in [-0.05, 0) is 37.6 Å². The molecule has 4 nitrogen and oxygen atoms in total. The average Bonchev–Trinajstić information content (AvgIpc) is 3.28. The number of piperazine rings is 1. The number of fused-ring (bicyclic) bond motifs is 4. The Balaban J connectivity index is 1.63. The van der Waals surface area contributed by atoms with Gasteiger partial charge >= 0.3 is 6.18 Å². The van der Waals surface area contributed by atoms with Crippen molar-refractivity contribution < 1.29 is 13.2 Å². The molecule has 2 aliphatic rings. The molecule has 1 unspecified atom stereocenters. The number of anilines is 1. The standard InChI is InChI=1S/C18H17F3N4S/c19-18(20,21)11-3-4-14-13(8-11)16-15(22-10-26-16)17(23-14)25-7-6-24-5-1-2-12(24)9-25/h3-4,8,10,12H,1-2,5-7,9H2. The van der Waals surface area contributed by atoms with Gasteiger partial charge < -0.3 is 4.90 Å². The first-order chi connectivity index (χ1) is 12.5. The molecule has 2 aromatic heterocycles. The van der Waals surface area contributed by atoms with Crippen LogP contribution in [0.5, 0.6) is 0 Å². The van der Waals surface area contributed by atoms with E-state index in [2.05, 4.69) is 14.8 Å². The first-order valence-corrected chi connectivity index (χ1v) is 9.62. The monoisotopic (exact) mass is 378 g/mol. The predicted octanol–water partition coefficient (Wildman–Crippen LogP) is 4.15. The minimum atomic E-state index is -4.36. The normalized spacial score (nSPS) is 21.7. The van der Waals surface area contributed by atoms with Gasteiger partial charge in [0.15, 0.2) is 5.82 Å². The van der Waals surface area contributed by atoms with Crippen molar-refractivity contribution in [3.8, 4) is 0 Å². The van der Waals surface area contributed by atoms with Gasteiger partial charge in [0, 0.05) is 31.1 Å². The van der Waals surface area contributed by atoms with Crippen molar-refractivity contribution in [1.82, 2.24) is 14.9 Å². The SMILES string of the molecule is FC(F)(F)c1ccc2nc(N3CCN4CCCC4C3)c3ncsc3c2c1. The van der Waals surface area contributed by atoms with Gasteiger partial charge in [-0.25, -0.2) is 9.97 Å². The van der Waals surface area contributed by atoms with Gasteiger partial charge in [0.1, 0.15) is 5.52 Å². The summed E-state index contributed by atoms with van der Waals surface area (Å²) in [5, 5.41) is 0.528. The molecule has 0 spiro atoms. The van der Waals surface area contributed by atoms with E-state index in [-0.39, 0.29) is 0 Å². The predicted molar refractivity (Wildman–Crippen MR) is 96.7 cm³/mol. The molecule has 2 aliphatic heterocycles. The number of hydrogen-bond donors (Lipinski definition) is 0. The largest absolute Gasteiger partial charge is 0.416 e. The molecule has 2 saturated heterocycles. The minimum Gasteiger partial charge on any atom is -0.352 e. The molecule has 26 heavy (non-hydrogen) atoms. The van der Waals surface area contributed by atoms with Crippen molar-refractivity contribution in [1.29, 1.82) is 0 Å². The summed E-state index contributed by atoms with van der Waals surface area (Å²) in [7, 11) is 0. The highest BCUT2D eigenvalue weighted by atomic mass is 32.1. The maximum absolute atomic E-state index is 13.1. The number of halogens is 3. The zero-order valence-corrected chi connectivity index (χ0v) is 14.8. The van der Waals surface area contributed by atoms with Crippen LogP contribution in [-0.2, 0) is 6.18 Å². The summed E-state index contributed by atoms with van der Waals surface area (Å²) in [4.78, 5) is 13.9. The summed E-state index contributed by atoms with van der Waals surface area (Å²) in [6.07, 6.45) is -1.93. The molecule has 0 amide bonds. The van der Waals surface area contributed by atoms with E-state index in [4.69, 9.17) is 4.98 Å². The summed E-state index contributed by atoms with van der Waals surface area (Å²) in [6.45, 7) is 3.95. The molecule has 3 aromatic rings. The molecule has 2 fully saturated rings. The van der Waals surface area contributed by atoms with Crippen LogP contribution in [0.3, 0.4) is 0 Å². The number of pyridine rings is 1. The van der Waals surface area contributed by atoms with Crippen LogP contribution in [0.4, 0.5) is 19.0 Å². The van der Waals surface area contributed by atoms with E-state index in [1.165, 1.54) is 36.3 Å². The molecule has 0 saturated carbocycles. The van der Waals surface area contributed by atoms with Crippen molar-refractivity contribution in [2.24, 2.45) is 0 Å². The Labute approximate surface area is 152 Å². The highest BCUT2D eigenvalue weighted by Gasteiger charge is 2.33. The fourth-order valence-electron chi connectivity index (χ4n) is 4.16. The fraction of sp³-hybridized carbons (Fsp3) is 0.444. The maximum atomic E-state index is 13.1. The van der Waals surface area contributed by atoms with Crippen LogP contribution in [0, 0.1) is 0 Å². The van der Waals surface area contributed by atoms with Gasteiger partial charge in [-0.1, -0.05) is 0 Å². The Hall–Kier alpha value is -1.93. The van der Waals surface area contributed by atoms with Crippen LogP contribution < -0.4 is 4.90 Å². The van der Waals surface area contributed by atoms with Crippen molar-refractivity contribution >= 4 is 38.3 Å². The second-order valence-electron chi connectivity index (χ2n) is 6.97. The van der Waals surface area contributed by atoms with Crippen molar-refractivity contribution in [3.05, 3.63) is 29.3 Å². The van der Waals surface area contributed by atoms with Gasteiger partial charge in [0.05, 0.1) is 21.3 Å². The molecule has 1 atom stereocenters. The van der Waals surface area contributed by atoms with E-state index in [1.54, 1.807) is 5.51 Å². The topological polar surface area (TPSA) is 32.3 Å². The fourth-order valence-corrected chi connectivity index (χ4v) is 4.97. The summed E-state index contributed by atoms with van der Waals surface area (Å²) < 4.78 is 40.1. The third-order valence-corrected chi connectivity index (χ3v) is 6.32. The molecule has 0 aliphatic carbocycles. The van der Waals surface area contributed by atoms with E-state index in [9.17, 15) is 13.2 Å². The van der Waals surface area contributed by atoms with Gasteiger partial charge in [-0.2, -0.15) is 13.2 Å². The highest BCUT2D eigenvalue weighted by Crippen LogP contribution is 2.38. The van der Waals surface area contributed by atoms with E-state index < -0.39 is 11.7 Å². The molecule has 1 aromatic carbocycles. The second-order valence-corrected chi connectivity index (χ2v) is 7.83. The van der Waals surface area contributed by atoms with E-state index >= 15 is 0 Å². The number of rotatable bonds is 1. The quantitative estimate of drug-likeness (QED) is 0.637. The third kappa shape index (κ3) is 2.54. The van der Waals surface area contributed by atoms with Crippen LogP contribution in [0.1, 0.15) is 18.4 Å². The van der Waals surface area contributed by atoms with Crippen molar-refractivity contribution in [3.63, 3.8) is 0 Å². The van der Waals surface area contributed by atoms with Crippen LogP contribution in [0.15, 0.2) is 23.7 Å². The second kappa shape index (κ2) is 5.79. The first-order valence-electron chi connectivity index (χ1n) is 8.74. The maximum Gasteiger partial charge on any atom is 0.416 e. The lowest BCUT2D eigenvalue weighted by Gasteiger charge is -2.38. The Morgan fingerprint density at radius 1 is 1.15 bits per heavy atom. The Kier molecular flexibility index (Phi) is 3.62. The first kappa shape index (κ1) is 16.3. The van der Waals surface area contributed by atoms with Crippen LogP contribution >= 0.6 is 11.3 Å². The molecule has 0 N–H and O–H groups in total. The zero-order valence-electron chi connectivity index (χ0n) is 14.0. The van der Waals surface area contributed by atoms with E-state index in [0.29, 0.717) is 22.5 Å². The lowest BCUT2D eigenvalue weighted by atomic mass is 10.1. The van der Waals surface area contributed by atoms with Gasteiger partial charge in [0.25, 0.3) is 0 Å². The Morgan fingerprint density at radius 2 is 2.04 bits per heavy atom. The summed E-state index contributed by atoms with van der Waals surface area (Å²) >= 11 is 1.38. The summed E-state index contributed by atoms with van der Waals surface area (Å²) in [5.74, 6) is 0.806. The zero-order chi connectivity index (χ0) is 17.9. The van der Waals surface area contributed by atoms with E-state index in [0.717, 1.165) is 42.8 Å². The molecule has 0 bridgehead atoms. The molecule has 4 heterocycles. The van der Waals surface area contributed by atoms with E-state index in [1.807, 2.05) is 0 Å². The van der Waals surface area contributed by atoms with Crippen LogP contribution in [-0.4, -0.2) is 47.1 Å². The van der Waals surface area contributed by atoms with Gasteiger partial charge in [-0.15, -0.1) is 11.3 Å². The third-order valence-electron chi connectivity index (χ3n) is 5.46. The summed E-state index contributed by atoms with van der Waals surface area (Å²) in [6, 6.07) is 4.33. The number of benzene rings is 1. The van der Waals surface area contributed by atoms with Crippen molar-refractivity contribution in [2.45, 2.75) is 25.1 Å². The van der Waals surface area contributed by atoms with Crippen LogP contribution in [0.2, 0.25) is 0 Å². The lowest BCUT2D eigenvalue weighted by molar-refractivity contribution is -0.137. The Morgan fingerprint density at radius 3 is 2.88 bits per heavy atom. The summed E-state index contributed by atoms with van der Waals surface area (Å²) in [5.41, 5.74) is 2.36. The molecule has 5 rings (SSSR count). The number of thiazole rings is 1. The molecule has 0 radical (unpaired) electrons.